The first kappa shape index (κ1) is 38.4. The minimum Gasteiger partial charge on any atom is -0.494 e. The highest BCUT2D eigenvalue weighted by Crippen LogP contribution is 2.46. The van der Waals surface area contributed by atoms with Gasteiger partial charge in [0, 0.05) is 47.7 Å². The van der Waals surface area contributed by atoms with Gasteiger partial charge in [-0.2, -0.15) is 26.3 Å². The first-order valence-corrected chi connectivity index (χ1v) is 16.1. The molecule has 0 saturated carbocycles. The molecule has 0 aliphatic carbocycles. The van der Waals surface area contributed by atoms with Crippen LogP contribution in [0.4, 0.5) is 32.0 Å². The highest BCUT2D eigenvalue weighted by atomic mass is 19.4. The Morgan fingerprint density at radius 1 is 0.962 bits per heavy atom. The molecule has 0 saturated heterocycles. The number of aliphatic imine (C=N–C) groups is 1. The average Bonchev–Trinajstić information content (AvgIpc) is 3.52. The van der Waals surface area contributed by atoms with E-state index in [1.807, 2.05) is 30.3 Å². The molecule has 0 spiro atoms. The molecule has 16 heteroatoms. The number of halogens is 6. The van der Waals surface area contributed by atoms with Crippen LogP contribution in [0.25, 0.3) is 16.5 Å². The van der Waals surface area contributed by atoms with E-state index < -0.39 is 53.1 Å². The van der Waals surface area contributed by atoms with E-state index in [1.54, 1.807) is 54.6 Å². The summed E-state index contributed by atoms with van der Waals surface area (Å²) in [6, 6.07) is 23.1. The Morgan fingerprint density at radius 3 is 2.26 bits per heavy atom. The van der Waals surface area contributed by atoms with Gasteiger partial charge < -0.3 is 14.6 Å². The fourth-order valence-corrected chi connectivity index (χ4v) is 5.54. The lowest BCUT2D eigenvalue weighted by Crippen LogP contribution is -2.52. The number of amides is 1. The highest BCUT2D eigenvalue weighted by molar-refractivity contribution is 6.01. The molecule has 4 aromatic carbocycles. The molecule has 0 aromatic heterocycles. The van der Waals surface area contributed by atoms with Crippen LogP contribution < -0.4 is 15.6 Å². The van der Waals surface area contributed by atoms with E-state index in [9.17, 15) is 36.7 Å². The van der Waals surface area contributed by atoms with E-state index in [2.05, 4.69) is 20.9 Å². The van der Waals surface area contributed by atoms with Gasteiger partial charge in [-0.25, -0.2) is 10.4 Å². The molecule has 0 bridgehead atoms. The number of carbonyl (C=O) groups excluding carboxylic acids is 1. The summed E-state index contributed by atoms with van der Waals surface area (Å²) in [7, 11) is 0. The van der Waals surface area contributed by atoms with Gasteiger partial charge in [-0.05, 0) is 59.1 Å². The van der Waals surface area contributed by atoms with Gasteiger partial charge in [-0.1, -0.05) is 71.9 Å². The quantitative estimate of drug-likeness (QED) is 0.0297. The smallest absolute Gasteiger partial charge is 0.416 e. The second-order valence-electron chi connectivity index (χ2n) is 11.8. The SMILES string of the molecule is [N-]=[N+]=Nc1ccccc1[C@@H]1OC(c2ccc(OCCCO)cc2)=N[C@]1(C/C=C/c1ccccc1)C(=O)NNCc1cc(C(F)(F)F)cc(C(F)(F)F)c1. The van der Waals surface area contributed by atoms with E-state index in [0.29, 0.717) is 29.9 Å². The fraction of sp³-hybridized carbons (Fsp3) is 0.243. The molecule has 10 nitrogen and oxygen atoms in total. The number of azide groups is 1. The van der Waals surface area contributed by atoms with Gasteiger partial charge in [-0.15, -0.1) is 0 Å². The van der Waals surface area contributed by atoms with Crippen molar-refractivity contribution < 1.29 is 45.7 Å². The van der Waals surface area contributed by atoms with Crippen LogP contribution in [-0.2, 0) is 28.4 Å². The number of alkyl halides is 6. The highest BCUT2D eigenvalue weighted by Gasteiger charge is 2.53. The minimum absolute atomic E-state index is 0.0157. The van der Waals surface area contributed by atoms with E-state index in [-0.39, 0.29) is 42.8 Å². The van der Waals surface area contributed by atoms with Gasteiger partial charge in [0.25, 0.3) is 5.91 Å². The van der Waals surface area contributed by atoms with Crippen molar-refractivity contribution in [3.8, 4) is 5.75 Å². The fourth-order valence-electron chi connectivity index (χ4n) is 5.54. The molecule has 0 fully saturated rings. The number of hydrazine groups is 1. The van der Waals surface area contributed by atoms with E-state index in [4.69, 9.17) is 19.6 Å². The number of nitrogens with zero attached hydrogens (tertiary/aromatic N) is 4. The molecule has 4 aromatic rings. The van der Waals surface area contributed by atoms with Crippen LogP contribution in [0.3, 0.4) is 0 Å². The molecule has 2 atom stereocenters. The number of ether oxygens (including phenoxy) is 2. The van der Waals surface area contributed by atoms with Crippen LogP contribution in [0.15, 0.2) is 113 Å². The Hall–Kier alpha value is -5.83. The number of nitrogens with one attached hydrogen (secondary N) is 2. The topological polar surface area (TPSA) is 141 Å². The standard InChI is InChI=1S/C37H32F6N6O4/c38-36(39,40)27-20-25(21-28(22-27)37(41,42)43)23-45-48-34(51)35(17-6-10-24-8-2-1-3-9-24)32(30-11-4-5-12-31(30)47-49-44)53-33(46-35)26-13-15-29(16-14-26)52-19-7-18-50/h1-6,8-16,20-22,32,45,50H,7,17-19,23H2,(H,48,51)/b10-6+/t32-,35-/m0/s1. The molecule has 276 valence electrons. The predicted octanol–water partition coefficient (Wildman–Crippen LogP) is 8.61. The average molecular weight is 739 g/mol. The number of rotatable bonds is 14. The lowest BCUT2D eigenvalue weighted by Gasteiger charge is -2.30. The van der Waals surface area contributed by atoms with Gasteiger partial charge in [0.05, 0.1) is 17.7 Å². The van der Waals surface area contributed by atoms with Crippen molar-refractivity contribution >= 4 is 23.6 Å². The minimum atomic E-state index is -5.06. The van der Waals surface area contributed by atoms with Crippen LogP contribution in [0.2, 0.25) is 0 Å². The summed E-state index contributed by atoms with van der Waals surface area (Å²) in [4.78, 5) is 22.1. The Labute approximate surface area is 299 Å². The van der Waals surface area contributed by atoms with Crippen molar-refractivity contribution in [3.63, 3.8) is 0 Å². The van der Waals surface area contributed by atoms with Gasteiger partial charge in [0.15, 0.2) is 11.6 Å². The summed E-state index contributed by atoms with van der Waals surface area (Å²) in [6.07, 6.45) is -7.65. The van der Waals surface area contributed by atoms with Gasteiger partial charge in [0.1, 0.15) is 5.75 Å². The molecule has 0 radical (unpaired) electrons. The maximum atomic E-state index is 14.4. The summed E-state index contributed by atoms with van der Waals surface area (Å²) in [6.45, 7) is -0.398. The van der Waals surface area contributed by atoms with Crippen molar-refractivity contribution in [2.75, 3.05) is 13.2 Å². The van der Waals surface area contributed by atoms with Crippen LogP contribution in [0, 0.1) is 0 Å². The molecule has 1 aliphatic rings. The third-order valence-electron chi connectivity index (χ3n) is 8.08. The van der Waals surface area contributed by atoms with Gasteiger partial charge >= 0.3 is 12.4 Å². The van der Waals surface area contributed by atoms with Crippen LogP contribution >= 0.6 is 0 Å². The summed E-state index contributed by atoms with van der Waals surface area (Å²) in [5.41, 5.74) is 10.6. The van der Waals surface area contributed by atoms with E-state index >= 15 is 0 Å². The summed E-state index contributed by atoms with van der Waals surface area (Å²) < 4.78 is 93.0. The number of benzene rings is 4. The van der Waals surface area contributed by atoms with Crippen LogP contribution in [-0.4, -0.2) is 35.7 Å². The first-order valence-electron chi connectivity index (χ1n) is 16.1. The lowest BCUT2D eigenvalue weighted by atomic mass is 9.83. The van der Waals surface area contributed by atoms with E-state index in [1.165, 1.54) is 6.07 Å². The largest absolute Gasteiger partial charge is 0.494 e. The maximum absolute atomic E-state index is 14.4. The third-order valence-corrected chi connectivity index (χ3v) is 8.08. The van der Waals surface area contributed by atoms with Crippen molar-refractivity contribution in [2.45, 2.75) is 43.4 Å². The third kappa shape index (κ3) is 9.54. The maximum Gasteiger partial charge on any atom is 0.416 e. The van der Waals surface area contributed by atoms with Crippen molar-refractivity contribution in [1.29, 1.82) is 0 Å². The molecule has 1 heterocycles. The molecule has 1 aliphatic heterocycles. The first-order chi connectivity index (χ1) is 25.3. The molecule has 1 amide bonds. The van der Waals surface area contributed by atoms with Gasteiger partial charge in [-0.3, -0.25) is 10.2 Å². The van der Waals surface area contributed by atoms with Crippen molar-refractivity contribution in [2.24, 2.45) is 10.1 Å². The molecular formula is C37H32F6N6O4. The second-order valence-corrected chi connectivity index (χ2v) is 11.8. The van der Waals surface area contributed by atoms with Crippen LogP contribution in [0.5, 0.6) is 5.75 Å². The van der Waals surface area contributed by atoms with E-state index in [0.717, 1.165) is 5.56 Å². The molecule has 53 heavy (non-hydrogen) atoms. The zero-order valence-corrected chi connectivity index (χ0v) is 27.7. The summed E-state index contributed by atoms with van der Waals surface area (Å²) in [5, 5.41) is 12.8. The number of carbonyl (C=O) groups is 1. The summed E-state index contributed by atoms with van der Waals surface area (Å²) in [5.74, 6) is -0.338. The summed E-state index contributed by atoms with van der Waals surface area (Å²) >= 11 is 0. The van der Waals surface area contributed by atoms with Gasteiger partial charge in [0.2, 0.25) is 5.90 Å². The van der Waals surface area contributed by atoms with Crippen molar-refractivity contribution in [1.82, 2.24) is 10.9 Å². The Balaban J connectivity index is 1.54. The Bertz CT molecular complexity index is 1970. The second kappa shape index (κ2) is 16.7. The normalized spacial score (nSPS) is 17.2. The zero-order chi connectivity index (χ0) is 38.1. The molecular weight excluding hydrogens is 706 g/mol. The predicted molar refractivity (Wildman–Crippen MR) is 184 cm³/mol. The number of aliphatic hydroxyl groups is 1. The number of aliphatic hydroxyl groups excluding tert-OH is 1. The van der Waals surface area contributed by atoms with Crippen LogP contribution in [0.1, 0.15) is 52.3 Å². The van der Waals surface area contributed by atoms with Crippen molar-refractivity contribution in [3.05, 3.63) is 147 Å². The Morgan fingerprint density at radius 2 is 1.62 bits per heavy atom. The Kier molecular flexibility index (Phi) is 12.1. The molecule has 0 unspecified atom stereocenters. The number of hydrogen-bond donors (Lipinski definition) is 3. The lowest BCUT2D eigenvalue weighted by molar-refractivity contribution is -0.143. The zero-order valence-electron chi connectivity index (χ0n) is 27.7. The molecule has 5 rings (SSSR count). The monoisotopic (exact) mass is 738 g/mol. The molecule has 3 N–H and O–H groups in total. The number of hydrogen-bond acceptors (Lipinski definition) is 7.